The van der Waals surface area contributed by atoms with Crippen LogP contribution in [0.5, 0.6) is 0 Å². The fourth-order valence-electron chi connectivity index (χ4n) is 9.92. The number of nitrogens with one attached hydrogen (secondary N) is 4. The van der Waals surface area contributed by atoms with Crippen LogP contribution < -0.4 is 21.3 Å². The number of benzene rings is 4. The first-order valence-electron chi connectivity index (χ1n) is 26.8. The van der Waals surface area contributed by atoms with Crippen molar-refractivity contribution in [2.45, 2.75) is 130 Å². The van der Waals surface area contributed by atoms with Crippen molar-refractivity contribution in [1.82, 2.24) is 40.9 Å². The highest BCUT2D eigenvalue weighted by Crippen LogP contribution is 2.30. The standard InChI is InChI=1S/C60H80F2N8O6/c1-39(63-9)53(71)65-51(59(3,4)5)57(75)69-33-11-13-49(69)37-67(35-31-41-15-27-47(61)28-16-41)55(73)45-23-19-43(20-24-45)44-21-25-46(26-22-44)56(74)68(36-32-42-17-29-48(62)30-18-42)38-50-14-12-34-70(50)58(76)52(60(6,7)8)66-54(72)40(2)64-10/h15-30,39-40,49-52,63-64H,11-14,31-38H2,1-10H3,(H,65,71)(H,66,72)/t39-,40-,49-,50+,51+,52+/m0/s1. The van der Waals surface area contributed by atoms with Crippen LogP contribution in [-0.4, -0.2) is 145 Å². The van der Waals surface area contributed by atoms with Crippen LogP contribution in [0.25, 0.3) is 11.1 Å². The Morgan fingerprint density at radius 3 is 1.17 bits per heavy atom. The van der Waals surface area contributed by atoms with Gasteiger partial charge in [0.1, 0.15) is 23.7 Å². The molecule has 410 valence electrons. The van der Waals surface area contributed by atoms with Gasteiger partial charge in [-0.05, 0) is 148 Å². The number of hydrogen-bond donors (Lipinski definition) is 4. The van der Waals surface area contributed by atoms with Crippen molar-refractivity contribution in [2.24, 2.45) is 10.8 Å². The largest absolute Gasteiger partial charge is 0.342 e. The number of amides is 6. The molecule has 2 heterocycles. The number of rotatable bonds is 21. The molecule has 4 aromatic rings. The molecule has 76 heavy (non-hydrogen) atoms. The lowest BCUT2D eigenvalue weighted by Gasteiger charge is -2.37. The highest BCUT2D eigenvalue weighted by atomic mass is 19.1. The molecule has 0 spiro atoms. The second kappa shape index (κ2) is 26.0. The fourth-order valence-corrected chi connectivity index (χ4v) is 9.92. The van der Waals surface area contributed by atoms with Crippen LogP contribution in [0, 0.1) is 22.5 Å². The lowest BCUT2D eigenvalue weighted by Crippen LogP contribution is -2.59. The van der Waals surface area contributed by atoms with Crippen molar-refractivity contribution in [1.29, 1.82) is 0 Å². The number of carbonyl (C=O) groups is 6. The topological polar surface area (TPSA) is 163 Å². The van der Waals surface area contributed by atoms with E-state index < -0.39 is 35.0 Å². The van der Waals surface area contributed by atoms with Gasteiger partial charge in [0.2, 0.25) is 23.6 Å². The zero-order valence-corrected chi connectivity index (χ0v) is 46.2. The summed E-state index contributed by atoms with van der Waals surface area (Å²) >= 11 is 0. The van der Waals surface area contributed by atoms with E-state index in [-0.39, 0.29) is 72.3 Å². The summed E-state index contributed by atoms with van der Waals surface area (Å²) in [5, 5.41) is 11.8. The molecule has 0 aromatic heterocycles. The number of likely N-dealkylation sites (N-methyl/N-ethyl adjacent to an activating group) is 2. The second-order valence-electron chi connectivity index (χ2n) is 22.7. The molecule has 0 aliphatic carbocycles. The maximum atomic E-state index is 14.6. The molecule has 6 amide bonds. The average Bonchev–Trinajstić information content (AvgIpc) is 4.08. The van der Waals surface area contributed by atoms with E-state index in [1.165, 1.54) is 24.3 Å². The minimum Gasteiger partial charge on any atom is -0.342 e. The van der Waals surface area contributed by atoms with Crippen LogP contribution in [0.15, 0.2) is 97.1 Å². The first-order valence-corrected chi connectivity index (χ1v) is 26.8. The first-order chi connectivity index (χ1) is 36.0. The van der Waals surface area contributed by atoms with E-state index in [9.17, 15) is 37.5 Å². The third-order valence-electron chi connectivity index (χ3n) is 15.0. The minimum atomic E-state index is -0.784. The van der Waals surface area contributed by atoms with E-state index in [1.807, 2.05) is 75.6 Å². The van der Waals surface area contributed by atoms with Crippen molar-refractivity contribution in [3.8, 4) is 11.1 Å². The molecule has 2 aliphatic heterocycles. The van der Waals surface area contributed by atoms with Gasteiger partial charge in [-0.3, -0.25) is 28.8 Å². The van der Waals surface area contributed by atoms with Crippen molar-refractivity contribution >= 4 is 35.4 Å². The van der Waals surface area contributed by atoms with E-state index in [2.05, 4.69) is 21.3 Å². The Hall–Kier alpha value is -6.52. The quantitative estimate of drug-likeness (QED) is 0.0678. The van der Waals surface area contributed by atoms with Crippen LogP contribution >= 0.6 is 0 Å². The summed E-state index contributed by atoms with van der Waals surface area (Å²) < 4.78 is 27.7. The van der Waals surface area contributed by atoms with E-state index >= 15 is 0 Å². The average molecular weight is 1050 g/mol. The fraction of sp³-hybridized carbons (Fsp3) is 0.500. The predicted octanol–water partition coefficient (Wildman–Crippen LogP) is 7.26. The SMILES string of the molecule is CN[C@@H](C)C(=O)N[C@H](C(=O)N1CCC[C@@H]1CN(CCc1ccc(F)cc1)C(=O)c1ccc(-c2ccc(C(=O)N(CCc3ccc(F)cc3)C[C@@H]3CCCN3C(=O)[C@@H](NC(=O)[C@H](C)NC)C(C)(C)C)cc2)cc1)C(C)(C)C. The molecule has 4 N–H and O–H groups in total. The number of carbonyl (C=O) groups excluding carboxylic acids is 6. The molecule has 6 rings (SSSR count). The van der Waals surface area contributed by atoms with Crippen LogP contribution in [0.1, 0.15) is 113 Å². The zero-order chi connectivity index (χ0) is 55.5. The maximum Gasteiger partial charge on any atom is 0.253 e. The third kappa shape index (κ3) is 15.3. The van der Waals surface area contributed by atoms with Gasteiger partial charge in [0.05, 0.1) is 12.1 Å². The summed E-state index contributed by atoms with van der Waals surface area (Å²) in [5.41, 5.74) is 3.11. The Morgan fingerprint density at radius 1 is 0.539 bits per heavy atom. The normalized spacial score (nSPS) is 17.4. The molecule has 0 saturated carbocycles. The number of hydrogen-bond acceptors (Lipinski definition) is 8. The van der Waals surface area contributed by atoms with Crippen LogP contribution in [0.3, 0.4) is 0 Å². The molecular weight excluding hydrogens is 967 g/mol. The van der Waals surface area contributed by atoms with Gasteiger partial charge >= 0.3 is 0 Å². The maximum absolute atomic E-state index is 14.6. The molecule has 6 atom stereocenters. The number of likely N-dealkylation sites (tertiary alicyclic amines) is 2. The summed E-state index contributed by atoms with van der Waals surface area (Å²) in [6, 6.07) is 23.8. The van der Waals surface area contributed by atoms with Gasteiger partial charge in [-0.1, -0.05) is 90.1 Å². The van der Waals surface area contributed by atoms with Crippen molar-refractivity contribution in [3.05, 3.63) is 131 Å². The Bertz CT molecular complexity index is 2440. The molecule has 0 unspecified atom stereocenters. The van der Waals surface area contributed by atoms with Gasteiger partial charge in [-0.25, -0.2) is 8.78 Å². The Balaban J connectivity index is 1.20. The summed E-state index contributed by atoms with van der Waals surface area (Å²) in [7, 11) is 3.38. The smallest absolute Gasteiger partial charge is 0.253 e. The van der Waals surface area contributed by atoms with Gasteiger partial charge in [0.15, 0.2) is 0 Å². The van der Waals surface area contributed by atoms with Gasteiger partial charge < -0.3 is 40.9 Å². The van der Waals surface area contributed by atoms with E-state index in [0.29, 0.717) is 63.0 Å². The molecular formula is C60H80F2N8O6. The highest BCUT2D eigenvalue weighted by Gasteiger charge is 2.42. The van der Waals surface area contributed by atoms with Crippen molar-refractivity contribution < 1.29 is 37.5 Å². The summed E-state index contributed by atoms with van der Waals surface area (Å²) in [4.78, 5) is 91.0. The van der Waals surface area contributed by atoms with Crippen LogP contribution in [0.2, 0.25) is 0 Å². The summed E-state index contributed by atoms with van der Waals surface area (Å²) in [5.74, 6) is -2.06. The third-order valence-corrected chi connectivity index (χ3v) is 15.0. The van der Waals surface area contributed by atoms with Gasteiger partial charge in [0, 0.05) is 62.5 Å². The molecule has 0 bridgehead atoms. The summed E-state index contributed by atoms with van der Waals surface area (Å²) in [6.07, 6.45) is 3.79. The second-order valence-corrected chi connectivity index (χ2v) is 22.7. The van der Waals surface area contributed by atoms with E-state index in [4.69, 9.17) is 0 Å². The lowest BCUT2D eigenvalue weighted by molar-refractivity contribution is -0.141. The predicted molar refractivity (Wildman–Crippen MR) is 293 cm³/mol. The zero-order valence-electron chi connectivity index (χ0n) is 46.2. The number of nitrogens with zero attached hydrogens (tertiary/aromatic N) is 4. The molecule has 0 radical (unpaired) electrons. The highest BCUT2D eigenvalue weighted by molar-refractivity contribution is 5.96. The minimum absolute atomic E-state index is 0.187. The molecule has 16 heteroatoms. The van der Waals surface area contributed by atoms with E-state index in [1.54, 1.807) is 86.3 Å². The lowest BCUT2D eigenvalue weighted by atomic mass is 9.85. The number of halogens is 2. The van der Waals surface area contributed by atoms with Gasteiger partial charge in [-0.15, -0.1) is 0 Å². The molecule has 4 aromatic carbocycles. The summed E-state index contributed by atoms with van der Waals surface area (Å²) in [6.45, 7) is 17.2. The van der Waals surface area contributed by atoms with Crippen molar-refractivity contribution in [3.63, 3.8) is 0 Å². The monoisotopic (exact) mass is 1050 g/mol. The molecule has 14 nitrogen and oxygen atoms in total. The van der Waals surface area contributed by atoms with Crippen LogP contribution in [-0.2, 0) is 32.0 Å². The Kier molecular flexibility index (Phi) is 20.1. The Labute approximate surface area is 448 Å². The van der Waals surface area contributed by atoms with Gasteiger partial charge in [-0.2, -0.15) is 0 Å². The Morgan fingerprint density at radius 2 is 0.868 bits per heavy atom. The van der Waals surface area contributed by atoms with E-state index in [0.717, 1.165) is 35.1 Å². The molecule has 2 aliphatic rings. The molecule has 2 saturated heterocycles. The van der Waals surface area contributed by atoms with Crippen LogP contribution in [0.4, 0.5) is 8.78 Å². The van der Waals surface area contributed by atoms with Gasteiger partial charge in [0.25, 0.3) is 11.8 Å². The molecule has 2 fully saturated rings. The first kappa shape index (κ1) is 58.7. The van der Waals surface area contributed by atoms with Crippen molar-refractivity contribution in [2.75, 3.05) is 53.4 Å².